The van der Waals surface area contributed by atoms with Gasteiger partial charge in [-0.05, 0) is 66.2 Å². The van der Waals surface area contributed by atoms with Crippen molar-refractivity contribution in [2.24, 2.45) is 0 Å². The van der Waals surface area contributed by atoms with E-state index in [0.717, 1.165) is 10.5 Å². The molecule has 1 aromatic heterocycles. The van der Waals surface area contributed by atoms with Crippen molar-refractivity contribution in [2.45, 2.75) is 44.2 Å². The fourth-order valence-electron chi connectivity index (χ4n) is 7.35. The molecule has 2 aliphatic rings. The fourth-order valence-corrected chi connectivity index (χ4v) is 8.29. The number of benzene rings is 3. The number of fused-ring (bicyclic) bond motifs is 1. The quantitative estimate of drug-likeness (QED) is 0.0344. The van der Waals surface area contributed by atoms with E-state index < -0.39 is 41.6 Å². The number of amides is 8. The first-order valence-electron chi connectivity index (χ1n) is 21.8. The van der Waals surface area contributed by atoms with Gasteiger partial charge >= 0.3 is 0 Å². The highest BCUT2D eigenvalue weighted by molar-refractivity contribution is 7.10. The van der Waals surface area contributed by atoms with Crippen LogP contribution in [0.3, 0.4) is 0 Å². The molecule has 3 heterocycles. The molecule has 2 aliphatic heterocycles. The smallest absolute Gasteiger partial charge is 0.264 e. The molecule has 0 aliphatic carbocycles. The number of anilines is 3. The zero-order valence-electron chi connectivity index (χ0n) is 36.6. The van der Waals surface area contributed by atoms with Crippen LogP contribution >= 0.6 is 22.9 Å². The zero-order valence-corrected chi connectivity index (χ0v) is 38.2. The number of halogens is 1. The zero-order chi connectivity index (χ0) is 47.5. The number of hydrogen-bond acceptors (Lipinski definition) is 13. The van der Waals surface area contributed by atoms with Crippen LogP contribution in [0.2, 0.25) is 0 Å². The third-order valence-corrected chi connectivity index (χ3v) is 11.8. The van der Waals surface area contributed by atoms with E-state index in [4.69, 9.17) is 25.8 Å². The molecule has 0 radical (unpaired) electrons. The van der Waals surface area contributed by atoms with Crippen LogP contribution in [0.15, 0.2) is 90.3 Å². The number of nitrogens with one attached hydrogen (secondary N) is 5. The van der Waals surface area contributed by atoms with Crippen LogP contribution in [0.5, 0.6) is 0 Å². The molecule has 8 amide bonds. The normalized spacial score (nSPS) is 14.8. The monoisotopic (exact) mass is 957 g/mol. The second kappa shape index (κ2) is 25.4. The van der Waals surface area contributed by atoms with Gasteiger partial charge in [0.1, 0.15) is 18.0 Å². The van der Waals surface area contributed by atoms with Crippen molar-refractivity contribution < 1.29 is 52.6 Å². The molecular formula is C47H52ClN7O11S. The van der Waals surface area contributed by atoms with Gasteiger partial charge in [-0.15, -0.1) is 22.9 Å². The van der Waals surface area contributed by atoms with Crippen LogP contribution in [-0.2, 0) is 49.4 Å². The summed E-state index contributed by atoms with van der Waals surface area (Å²) in [6.45, 7) is 2.18. The van der Waals surface area contributed by atoms with Gasteiger partial charge in [0.05, 0.1) is 57.2 Å². The molecule has 5 N–H and O–H groups in total. The maximum Gasteiger partial charge on any atom is 0.264 e. The summed E-state index contributed by atoms with van der Waals surface area (Å²) in [4.78, 5) is 105. The molecule has 0 bridgehead atoms. The van der Waals surface area contributed by atoms with Crippen LogP contribution in [0, 0.1) is 0 Å². The average Bonchev–Trinajstić information content (AvgIpc) is 3.95. The number of ether oxygens (including phenoxy) is 3. The fraction of sp³-hybridized carbons (Fsp3) is 0.362. The lowest BCUT2D eigenvalue weighted by molar-refractivity contribution is -0.136. The second-order valence-electron chi connectivity index (χ2n) is 15.2. The summed E-state index contributed by atoms with van der Waals surface area (Å²) in [6, 6.07) is 22.8. The van der Waals surface area contributed by atoms with Crippen molar-refractivity contribution >= 4 is 87.3 Å². The van der Waals surface area contributed by atoms with Gasteiger partial charge in [-0.1, -0.05) is 42.5 Å². The van der Waals surface area contributed by atoms with E-state index in [1.54, 1.807) is 42.5 Å². The van der Waals surface area contributed by atoms with Gasteiger partial charge in [0.15, 0.2) is 0 Å². The molecule has 18 nitrogen and oxygen atoms in total. The molecule has 2 unspecified atom stereocenters. The summed E-state index contributed by atoms with van der Waals surface area (Å²) < 4.78 is 16.6. The Morgan fingerprint density at radius 1 is 0.761 bits per heavy atom. The standard InChI is InChI=1S/C47H52ClN7O11S/c48-30-41(59)54(43(37-10-5-29-67-37)45(61)51-20-17-31-6-2-1-3-7-31)33-13-11-32(12-14-33)52-40(58)19-24-64-26-22-50-38(56)18-23-65-27-28-66-25-21-49-35-9-4-8-34-42(35)47(63)55(46(34)62)36-15-16-39(57)53-44(36)60/h1-14,29,36,43,49H,15-28,30H2,(H,50,56)(H,51,61)(H,52,58)(H,53,57,60). The Bertz CT molecular complexity index is 2370. The molecule has 67 heavy (non-hydrogen) atoms. The van der Waals surface area contributed by atoms with Gasteiger partial charge in [0, 0.05) is 54.4 Å². The molecule has 354 valence electrons. The van der Waals surface area contributed by atoms with E-state index in [0.29, 0.717) is 41.4 Å². The number of piperidine rings is 1. The van der Waals surface area contributed by atoms with Crippen LogP contribution < -0.4 is 31.5 Å². The van der Waals surface area contributed by atoms with Gasteiger partial charge < -0.3 is 35.5 Å². The lowest BCUT2D eigenvalue weighted by Crippen LogP contribution is -2.54. The number of imide groups is 2. The first-order chi connectivity index (χ1) is 32.5. The minimum absolute atomic E-state index is 0.0361. The molecular weight excluding hydrogens is 906 g/mol. The van der Waals surface area contributed by atoms with E-state index in [2.05, 4.69) is 26.6 Å². The second-order valence-corrected chi connectivity index (χ2v) is 16.5. The number of thiophene rings is 1. The Labute approximate surface area is 396 Å². The van der Waals surface area contributed by atoms with Crippen molar-refractivity contribution in [3.8, 4) is 0 Å². The van der Waals surface area contributed by atoms with E-state index in [9.17, 15) is 38.4 Å². The largest absolute Gasteiger partial charge is 0.382 e. The molecule has 4 aromatic rings. The molecule has 6 rings (SSSR count). The number of carbonyl (C=O) groups is 8. The predicted molar refractivity (Wildman–Crippen MR) is 250 cm³/mol. The lowest BCUT2D eigenvalue weighted by atomic mass is 10.0. The van der Waals surface area contributed by atoms with Crippen molar-refractivity contribution in [3.05, 3.63) is 112 Å². The summed E-state index contributed by atoms with van der Waals surface area (Å²) in [6.07, 6.45) is 0.914. The molecule has 3 aromatic carbocycles. The first-order valence-corrected chi connectivity index (χ1v) is 23.2. The van der Waals surface area contributed by atoms with Gasteiger partial charge in [0.2, 0.25) is 35.4 Å². The minimum atomic E-state index is -1.05. The minimum Gasteiger partial charge on any atom is -0.382 e. The van der Waals surface area contributed by atoms with Crippen molar-refractivity contribution in [1.82, 2.24) is 20.9 Å². The molecule has 20 heteroatoms. The Balaban J connectivity index is 0.812. The summed E-state index contributed by atoms with van der Waals surface area (Å²) >= 11 is 7.40. The third kappa shape index (κ3) is 14.0. The molecule has 1 fully saturated rings. The van der Waals surface area contributed by atoms with E-state index in [1.165, 1.54) is 22.3 Å². The number of alkyl halides is 1. The maximum atomic E-state index is 13.6. The van der Waals surface area contributed by atoms with E-state index in [-0.39, 0.29) is 107 Å². The van der Waals surface area contributed by atoms with Crippen molar-refractivity contribution in [3.63, 3.8) is 0 Å². The first kappa shape index (κ1) is 49.9. The summed E-state index contributed by atoms with van der Waals surface area (Å²) in [5, 5.41) is 15.6. The average molecular weight is 958 g/mol. The third-order valence-electron chi connectivity index (χ3n) is 10.6. The summed E-state index contributed by atoms with van der Waals surface area (Å²) in [5.74, 6) is -3.97. The van der Waals surface area contributed by atoms with Gasteiger partial charge in [0.25, 0.3) is 11.8 Å². The van der Waals surface area contributed by atoms with Gasteiger partial charge in [-0.3, -0.25) is 53.5 Å². The number of carbonyl (C=O) groups excluding carboxylic acids is 8. The summed E-state index contributed by atoms with van der Waals surface area (Å²) in [5.41, 5.74) is 2.77. The summed E-state index contributed by atoms with van der Waals surface area (Å²) in [7, 11) is 0. The Morgan fingerprint density at radius 2 is 1.48 bits per heavy atom. The lowest BCUT2D eigenvalue weighted by Gasteiger charge is -2.30. The van der Waals surface area contributed by atoms with Gasteiger partial charge in [-0.25, -0.2) is 0 Å². The van der Waals surface area contributed by atoms with Crippen LogP contribution in [0.25, 0.3) is 0 Å². The Hall–Kier alpha value is -6.51. The number of nitrogens with zero attached hydrogens (tertiary/aromatic N) is 2. The predicted octanol–water partition coefficient (Wildman–Crippen LogP) is 3.82. The SMILES string of the molecule is O=C(CCOCCOCCNc1cccc2c1C(=O)N(C1CCC(=O)NC1=O)C2=O)NCCOCCC(=O)Nc1ccc(N(C(=O)CCl)C(C(=O)NCCc2ccccc2)c2cccs2)cc1. The van der Waals surface area contributed by atoms with Gasteiger partial charge in [-0.2, -0.15) is 0 Å². The van der Waals surface area contributed by atoms with E-state index in [1.807, 2.05) is 41.8 Å². The highest BCUT2D eigenvalue weighted by Crippen LogP contribution is 2.33. The maximum absolute atomic E-state index is 13.6. The van der Waals surface area contributed by atoms with Crippen molar-refractivity contribution in [2.75, 3.05) is 80.7 Å². The molecule has 0 saturated carbocycles. The van der Waals surface area contributed by atoms with E-state index >= 15 is 0 Å². The highest BCUT2D eigenvalue weighted by atomic mass is 35.5. The number of hydrogen-bond donors (Lipinski definition) is 5. The molecule has 0 spiro atoms. The Kier molecular flexibility index (Phi) is 18.9. The topological polar surface area (TPSA) is 231 Å². The highest BCUT2D eigenvalue weighted by Gasteiger charge is 2.45. The molecule has 2 atom stereocenters. The van der Waals surface area contributed by atoms with Crippen molar-refractivity contribution in [1.29, 1.82) is 0 Å². The van der Waals surface area contributed by atoms with Crippen LogP contribution in [0.1, 0.15) is 62.9 Å². The number of rotatable bonds is 26. The van der Waals surface area contributed by atoms with Crippen LogP contribution in [0.4, 0.5) is 17.1 Å². The molecule has 1 saturated heterocycles. The Morgan fingerprint density at radius 3 is 2.19 bits per heavy atom. The van der Waals surface area contributed by atoms with Crippen LogP contribution in [-0.4, -0.2) is 123 Å².